The van der Waals surface area contributed by atoms with Crippen molar-refractivity contribution >= 4 is 18.6 Å². The van der Waals surface area contributed by atoms with Gasteiger partial charge in [-0.15, -0.1) is 4.91 Å². The highest BCUT2D eigenvalue weighted by atomic mass is 16.3. The van der Waals surface area contributed by atoms with Gasteiger partial charge >= 0.3 is 11.6 Å². The predicted molar refractivity (Wildman–Crippen MR) is 94.9 cm³/mol. The average Bonchev–Trinajstić information content (AvgIpc) is 3.11. The number of rotatable bonds is 3. The first-order valence-corrected chi connectivity index (χ1v) is 7.48. The highest BCUT2D eigenvalue weighted by Crippen LogP contribution is 2.23. The van der Waals surface area contributed by atoms with Crippen molar-refractivity contribution in [2.75, 3.05) is 0 Å². The highest BCUT2D eigenvalue weighted by molar-refractivity contribution is 5.95. The smallest absolute Gasteiger partial charge is 0.328 e. The van der Waals surface area contributed by atoms with Gasteiger partial charge < -0.3 is 9.40 Å². The van der Waals surface area contributed by atoms with Gasteiger partial charge in [0.1, 0.15) is 11.5 Å². The zero-order valence-electron chi connectivity index (χ0n) is 13.7. The lowest BCUT2D eigenvalue weighted by Gasteiger charge is -1.98. The summed E-state index contributed by atoms with van der Waals surface area (Å²) in [6.07, 6.45) is 1.48. The molecule has 3 rings (SSSR count). The number of amides is 1. The molecule has 0 aliphatic rings. The zero-order valence-corrected chi connectivity index (χ0v) is 13.7. The summed E-state index contributed by atoms with van der Waals surface area (Å²) < 4.78 is 6.63. The van der Waals surface area contributed by atoms with Crippen molar-refractivity contribution < 1.29 is 9.21 Å². The third kappa shape index (κ3) is 3.07. The van der Waals surface area contributed by atoms with Gasteiger partial charge in [-0.2, -0.15) is 0 Å². The van der Waals surface area contributed by atoms with E-state index in [1.54, 1.807) is 24.3 Å². The summed E-state index contributed by atoms with van der Waals surface area (Å²) in [5.74, 6) is 0.0480. The maximum absolute atomic E-state index is 12.2. The van der Waals surface area contributed by atoms with Crippen LogP contribution in [0.4, 0.5) is 0 Å². The van der Waals surface area contributed by atoms with Crippen LogP contribution < -0.4 is 21.8 Å². The standard InChI is InChI=1S/C18H13N3O5/c1-10-14(17(23)21(2)18(24)19-10)9-13-7-8-15(26-13)11-3-5-12(6-4-11)16(22)20-25/h3-9H,1H2,2H3,(H,19,24)/b14-9-. The Morgan fingerprint density at radius 1 is 1.19 bits per heavy atom. The summed E-state index contributed by atoms with van der Waals surface area (Å²) in [6, 6.07) is 9.53. The van der Waals surface area contributed by atoms with Crippen LogP contribution >= 0.6 is 0 Å². The molecule has 1 N–H and O–H groups in total. The molecule has 1 amide bonds. The molecule has 8 heteroatoms. The van der Waals surface area contributed by atoms with Gasteiger partial charge in [-0.05, 0) is 30.3 Å². The Labute approximate surface area is 145 Å². The van der Waals surface area contributed by atoms with Crippen LogP contribution in [0.3, 0.4) is 0 Å². The second-order valence-corrected chi connectivity index (χ2v) is 5.51. The highest BCUT2D eigenvalue weighted by Gasteiger charge is 2.08. The molecule has 0 saturated carbocycles. The fourth-order valence-corrected chi connectivity index (χ4v) is 2.39. The number of furan rings is 1. The van der Waals surface area contributed by atoms with Gasteiger partial charge in [-0.1, -0.05) is 18.7 Å². The molecule has 0 aliphatic heterocycles. The first-order valence-electron chi connectivity index (χ1n) is 7.48. The van der Waals surface area contributed by atoms with Crippen LogP contribution in [0.5, 0.6) is 0 Å². The van der Waals surface area contributed by atoms with Crippen molar-refractivity contribution in [1.82, 2.24) is 9.55 Å². The van der Waals surface area contributed by atoms with Crippen LogP contribution in [0.1, 0.15) is 16.1 Å². The molecule has 3 aromatic rings. The molecule has 26 heavy (non-hydrogen) atoms. The Balaban J connectivity index is 2.02. The summed E-state index contributed by atoms with van der Waals surface area (Å²) in [7, 11) is 1.36. The largest absolute Gasteiger partial charge is 0.457 e. The summed E-state index contributed by atoms with van der Waals surface area (Å²) in [5.41, 5.74) is -0.172. The first-order chi connectivity index (χ1) is 12.4. The van der Waals surface area contributed by atoms with Crippen LogP contribution in [0.25, 0.3) is 24.0 Å². The minimum atomic E-state index is -0.845. The summed E-state index contributed by atoms with van der Waals surface area (Å²) >= 11 is 0. The Bertz CT molecular complexity index is 1230. The lowest BCUT2D eigenvalue weighted by atomic mass is 10.1. The molecule has 2 heterocycles. The Hall–Kier alpha value is -3.81. The van der Waals surface area contributed by atoms with Crippen LogP contribution in [-0.2, 0) is 7.05 Å². The molecular weight excluding hydrogens is 338 g/mol. The van der Waals surface area contributed by atoms with Crippen molar-refractivity contribution in [1.29, 1.82) is 0 Å². The molecule has 0 atom stereocenters. The third-order valence-corrected chi connectivity index (χ3v) is 3.84. The van der Waals surface area contributed by atoms with Crippen molar-refractivity contribution in [2.45, 2.75) is 0 Å². The lowest BCUT2D eigenvalue weighted by Crippen LogP contribution is -2.52. The van der Waals surface area contributed by atoms with E-state index in [9.17, 15) is 19.3 Å². The van der Waals surface area contributed by atoms with E-state index in [-0.39, 0.29) is 16.1 Å². The van der Waals surface area contributed by atoms with Gasteiger partial charge in [-0.3, -0.25) is 14.2 Å². The second-order valence-electron chi connectivity index (χ2n) is 5.51. The molecule has 2 aromatic heterocycles. The van der Waals surface area contributed by atoms with Crippen LogP contribution in [-0.4, -0.2) is 15.5 Å². The monoisotopic (exact) mass is 351 g/mol. The molecule has 0 radical (unpaired) electrons. The Kier molecular flexibility index (Phi) is 4.32. The van der Waals surface area contributed by atoms with Gasteiger partial charge in [0.25, 0.3) is 5.56 Å². The average molecular weight is 351 g/mol. The van der Waals surface area contributed by atoms with E-state index in [1.807, 2.05) is 0 Å². The van der Waals surface area contributed by atoms with Gasteiger partial charge in [-0.25, -0.2) is 4.79 Å². The van der Waals surface area contributed by atoms with Gasteiger partial charge in [0.2, 0.25) is 0 Å². The molecule has 0 spiro atoms. The fourth-order valence-electron chi connectivity index (χ4n) is 2.39. The number of carbonyl (C=O) groups is 1. The molecule has 0 fully saturated rings. The van der Waals surface area contributed by atoms with E-state index in [1.165, 1.54) is 25.3 Å². The normalized spacial score (nSPS) is 11.5. The van der Waals surface area contributed by atoms with E-state index in [0.29, 0.717) is 17.1 Å². The van der Waals surface area contributed by atoms with E-state index >= 15 is 0 Å². The van der Waals surface area contributed by atoms with E-state index in [2.05, 4.69) is 16.7 Å². The van der Waals surface area contributed by atoms with Crippen LogP contribution in [0.15, 0.2) is 55.6 Å². The SMILES string of the molecule is C=c1[nH]c(=O)n(C)c(=O)/c1=C\c1ccc(-c2ccc(C(=O)N=O)cc2)o1. The fraction of sp³-hybridized carbons (Fsp3) is 0.0556. The quantitative estimate of drug-likeness (QED) is 0.689. The van der Waals surface area contributed by atoms with E-state index in [4.69, 9.17) is 4.42 Å². The molecule has 0 aliphatic carbocycles. The number of aromatic nitrogens is 2. The minimum absolute atomic E-state index is 0.181. The number of hydrogen-bond donors (Lipinski definition) is 1. The third-order valence-electron chi connectivity index (χ3n) is 3.84. The first kappa shape index (κ1) is 17.0. The van der Waals surface area contributed by atoms with Crippen LogP contribution in [0.2, 0.25) is 0 Å². The van der Waals surface area contributed by atoms with Gasteiger partial charge in [0.05, 0.1) is 5.22 Å². The number of benzene rings is 1. The van der Waals surface area contributed by atoms with Crippen molar-refractivity contribution in [3.63, 3.8) is 0 Å². The summed E-state index contributed by atoms with van der Waals surface area (Å²) in [6.45, 7) is 3.67. The topological polar surface area (TPSA) is 115 Å². The van der Waals surface area contributed by atoms with Gasteiger partial charge in [0.15, 0.2) is 0 Å². The summed E-state index contributed by atoms with van der Waals surface area (Å²) in [4.78, 5) is 47.7. The predicted octanol–water partition coefficient (Wildman–Crippen LogP) is 0.479. The second kappa shape index (κ2) is 6.60. The lowest BCUT2D eigenvalue weighted by molar-refractivity contribution is 0.100. The molecule has 0 bridgehead atoms. The zero-order chi connectivity index (χ0) is 18.8. The number of nitroso groups, excluding NO2 is 1. The number of nitrogens with zero attached hydrogens (tertiary/aromatic N) is 2. The number of nitrogens with one attached hydrogen (secondary N) is 1. The van der Waals surface area contributed by atoms with Gasteiger partial charge in [0, 0.05) is 28.7 Å². The number of H-pyrrole nitrogens is 1. The number of aromatic amines is 1. The number of carbonyl (C=O) groups excluding carboxylic acids is 1. The van der Waals surface area contributed by atoms with Crippen molar-refractivity contribution in [3.8, 4) is 11.3 Å². The molecule has 0 unspecified atom stereocenters. The van der Waals surface area contributed by atoms with E-state index in [0.717, 1.165) is 4.57 Å². The van der Waals surface area contributed by atoms with Crippen molar-refractivity contribution in [3.05, 3.63) is 84.0 Å². The Morgan fingerprint density at radius 3 is 2.54 bits per heavy atom. The molecule has 130 valence electrons. The minimum Gasteiger partial charge on any atom is -0.457 e. The molecule has 8 nitrogen and oxygen atoms in total. The van der Waals surface area contributed by atoms with Crippen LogP contribution in [0, 0.1) is 4.91 Å². The number of hydrogen-bond acceptors (Lipinski definition) is 5. The molecule has 1 aromatic carbocycles. The van der Waals surface area contributed by atoms with Crippen molar-refractivity contribution in [2.24, 2.45) is 12.2 Å². The molecule has 0 saturated heterocycles. The Morgan fingerprint density at radius 2 is 1.88 bits per heavy atom. The van der Waals surface area contributed by atoms with E-state index < -0.39 is 17.2 Å². The molecular formula is C18H13N3O5. The summed E-state index contributed by atoms with van der Waals surface area (Å²) in [5, 5.41) is 2.77. The maximum Gasteiger partial charge on any atom is 0.328 e. The maximum atomic E-state index is 12.2.